The Morgan fingerprint density at radius 2 is 1.70 bits per heavy atom. The number of ether oxygens (including phenoxy) is 6. The Bertz CT molecular complexity index is 1020. The van der Waals surface area contributed by atoms with E-state index in [1.165, 1.54) is 0 Å². The highest BCUT2D eigenvalue weighted by Crippen LogP contribution is 2.29. The summed E-state index contributed by atoms with van der Waals surface area (Å²) in [5.41, 5.74) is 3.03. The van der Waals surface area contributed by atoms with Crippen molar-refractivity contribution in [3.05, 3.63) is 77.4 Å². The van der Waals surface area contributed by atoms with E-state index in [2.05, 4.69) is 32.1 Å². The highest BCUT2D eigenvalue weighted by atomic mass is 16.7. The molecule has 1 aliphatic rings. The molecule has 2 aromatic rings. The molecular weight excluding hydrogens is 508 g/mol. The summed E-state index contributed by atoms with van der Waals surface area (Å²) in [4.78, 5) is 0. The Balaban J connectivity index is 1.68. The topological polar surface area (TPSA) is 75.6 Å². The molecule has 2 aromatic carbocycles. The van der Waals surface area contributed by atoms with Gasteiger partial charge in [0.15, 0.2) is 5.79 Å². The molecular formula is C33H48O7. The first kappa shape index (κ1) is 32.3. The number of aliphatic hydroxyl groups excluding tert-OH is 1. The summed E-state index contributed by atoms with van der Waals surface area (Å²) in [6, 6.07) is 18.1. The summed E-state index contributed by atoms with van der Waals surface area (Å²) in [6.45, 7) is 11.9. The lowest BCUT2D eigenvalue weighted by Crippen LogP contribution is -2.38. The van der Waals surface area contributed by atoms with Crippen LogP contribution in [0.3, 0.4) is 0 Å². The molecule has 222 valence electrons. The molecule has 3 rings (SSSR count). The Kier molecular flexibility index (Phi) is 12.6. The van der Waals surface area contributed by atoms with Gasteiger partial charge in [-0.1, -0.05) is 62.4 Å². The van der Waals surface area contributed by atoms with E-state index < -0.39 is 18.0 Å². The Hall–Kier alpha value is -2.26. The second-order valence-corrected chi connectivity index (χ2v) is 11.3. The monoisotopic (exact) mass is 556 g/mol. The number of rotatable bonds is 16. The molecule has 1 saturated heterocycles. The van der Waals surface area contributed by atoms with Crippen LogP contribution < -0.4 is 4.74 Å². The number of hydrogen-bond acceptors (Lipinski definition) is 7. The summed E-state index contributed by atoms with van der Waals surface area (Å²) >= 11 is 0. The van der Waals surface area contributed by atoms with Crippen LogP contribution in [-0.2, 0) is 36.9 Å². The minimum absolute atomic E-state index is 0.0365. The predicted molar refractivity (Wildman–Crippen MR) is 156 cm³/mol. The van der Waals surface area contributed by atoms with Crippen LogP contribution in [0.5, 0.6) is 5.75 Å². The average Bonchev–Trinajstić information content (AvgIpc) is 3.32. The van der Waals surface area contributed by atoms with Crippen LogP contribution in [0.1, 0.15) is 52.2 Å². The van der Waals surface area contributed by atoms with E-state index >= 15 is 0 Å². The number of hydrogen-bond donors (Lipinski definition) is 1. The third-order valence-electron chi connectivity index (χ3n) is 7.31. The molecule has 0 bridgehead atoms. The van der Waals surface area contributed by atoms with Crippen LogP contribution >= 0.6 is 0 Å². The van der Waals surface area contributed by atoms with Gasteiger partial charge in [-0.2, -0.15) is 0 Å². The van der Waals surface area contributed by atoms with Crippen LogP contribution in [0, 0.1) is 11.8 Å². The van der Waals surface area contributed by atoms with Crippen molar-refractivity contribution in [2.75, 3.05) is 27.4 Å². The first-order valence-electron chi connectivity index (χ1n) is 14.2. The number of methoxy groups -OCH3 is 2. The number of benzene rings is 2. The zero-order valence-corrected chi connectivity index (χ0v) is 25.2. The predicted octanol–water partition coefficient (Wildman–Crippen LogP) is 5.93. The van der Waals surface area contributed by atoms with Crippen LogP contribution in [0.25, 0.3) is 0 Å². The van der Waals surface area contributed by atoms with E-state index in [1.807, 2.05) is 63.2 Å². The van der Waals surface area contributed by atoms with Gasteiger partial charge in [-0.3, -0.25) is 0 Å². The fourth-order valence-electron chi connectivity index (χ4n) is 5.07. The zero-order valence-electron chi connectivity index (χ0n) is 25.2. The smallest absolute Gasteiger partial charge is 0.163 e. The molecule has 0 spiro atoms. The van der Waals surface area contributed by atoms with E-state index in [9.17, 15) is 5.11 Å². The van der Waals surface area contributed by atoms with E-state index in [1.54, 1.807) is 14.2 Å². The minimum atomic E-state index is -0.766. The van der Waals surface area contributed by atoms with E-state index in [-0.39, 0.29) is 24.0 Å². The summed E-state index contributed by atoms with van der Waals surface area (Å²) in [5, 5.41) is 11.0. The highest BCUT2D eigenvalue weighted by Gasteiger charge is 2.38. The fraction of sp³-hybridized carbons (Fsp3) is 0.576. The molecule has 6 atom stereocenters. The standard InChI is InChI=1S/C33H48O7/c1-23(19-37-20-26-11-9-8-10-12-26)17-29(36-7)32(38-21-27-13-15-28(35-6)16-14-27)25(3)18-24(2)31(34)30-22-39-33(4,5)40-30/h8-16,18,23,25,29-32,34H,17,19-22H2,1-7H3/b24-18-/t23-,25-,29-,30-,31-,32+/m0/s1. The molecule has 1 N–H and O–H groups in total. The fourth-order valence-corrected chi connectivity index (χ4v) is 5.07. The molecule has 0 unspecified atom stereocenters. The summed E-state index contributed by atoms with van der Waals surface area (Å²) < 4.78 is 35.4. The second-order valence-electron chi connectivity index (χ2n) is 11.3. The van der Waals surface area contributed by atoms with Gasteiger partial charge in [0.1, 0.15) is 18.0 Å². The van der Waals surface area contributed by atoms with Crippen molar-refractivity contribution < 1.29 is 33.5 Å². The summed E-state index contributed by atoms with van der Waals surface area (Å²) in [6.07, 6.45) is 1.25. The third-order valence-corrected chi connectivity index (χ3v) is 7.31. The van der Waals surface area contributed by atoms with Crippen molar-refractivity contribution in [3.8, 4) is 5.75 Å². The van der Waals surface area contributed by atoms with Gasteiger partial charge in [0.25, 0.3) is 0 Å². The van der Waals surface area contributed by atoms with Gasteiger partial charge >= 0.3 is 0 Å². The number of aliphatic hydroxyl groups is 1. The lowest BCUT2D eigenvalue weighted by atomic mass is 9.90. The molecule has 0 saturated carbocycles. The van der Waals surface area contributed by atoms with Crippen LogP contribution in [-0.4, -0.2) is 62.7 Å². The maximum atomic E-state index is 11.0. The van der Waals surface area contributed by atoms with Crippen LogP contribution in [0.2, 0.25) is 0 Å². The molecule has 1 heterocycles. The summed E-state index contributed by atoms with van der Waals surface area (Å²) in [5.74, 6) is 0.337. The van der Waals surface area contributed by atoms with Gasteiger partial charge in [-0.05, 0) is 61.9 Å². The van der Waals surface area contributed by atoms with Crippen molar-refractivity contribution in [2.24, 2.45) is 11.8 Å². The Morgan fingerprint density at radius 3 is 2.30 bits per heavy atom. The second kappa shape index (κ2) is 15.7. The quantitative estimate of drug-likeness (QED) is 0.257. The largest absolute Gasteiger partial charge is 0.497 e. The van der Waals surface area contributed by atoms with Gasteiger partial charge in [-0.15, -0.1) is 0 Å². The van der Waals surface area contributed by atoms with Crippen LogP contribution in [0.4, 0.5) is 0 Å². The minimum Gasteiger partial charge on any atom is -0.497 e. The molecule has 0 aliphatic carbocycles. The molecule has 0 radical (unpaired) electrons. The molecule has 40 heavy (non-hydrogen) atoms. The van der Waals surface area contributed by atoms with Crippen molar-refractivity contribution in [1.82, 2.24) is 0 Å². The van der Waals surface area contributed by atoms with Gasteiger partial charge in [0.2, 0.25) is 0 Å². The SMILES string of the molecule is COc1ccc(CO[C@@H]([C@H](C[C@H](C)COCc2ccccc2)OC)[C@@H](C)/C=C(/C)[C@H](O)[C@@H]2COC(C)(C)O2)cc1. The van der Waals surface area contributed by atoms with E-state index in [0.29, 0.717) is 26.4 Å². The van der Waals surface area contributed by atoms with Crippen molar-refractivity contribution in [1.29, 1.82) is 0 Å². The molecule has 0 amide bonds. The highest BCUT2D eigenvalue weighted by molar-refractivity contribution is 5.26. The maximum Gasteiger partial charge on any atom is 0.163 e. The van der Waals surface area contributed by atoms with Crippen molar-refractivity contribution in [2.45, 2.75) is 84.5 Å². The van der Waals surface area contributed by atoms with Crippen molar-refractivity contribution in [3.63, 3.8) is 0 Å². The van der Waals surface area contributed by atoms with Gasteiger partial charge in [0, 0.05) is 19.6 Å². The lowest BCUT2D eigenvalue weighted by molar-refractivity contribution is -0.148. The first-order chi connectivity index (χ1) is 19.1. The van der Waals surface area contributed by atoms with Crippen LogP contribution in [0.15, 0.2) is 66.2 Å². The molecule has 0 aromatic heterocycles. The van der Waals surface area contributed by atoms with Gasteiger partial charge in [0.05, 0.1) is 39.1 Å². The van der Waals surface area contributed by atoms with Gasteiger partial charge < -0.3 is 33.5 Å². The maximum absolute atomic E-state index is 11.0. The molecule has 7 nitrogen and oxygen atoms in total. The van der Waals surface area contributed by atoms with Crippen molar-refractivity contribution >= 4 is 0 Å². The van der Waals surface area contributed by atoms with Gasteiger partial charge in [-0.25, -0.2) is 0 Å². The average molecular weight is 557 g/mol. The first-order valence-corrected chi connectivity index (χ1v) is 14.2. The summed E-state index contributed by atoms with van der Waals surface area (Å²) in [7, 11) is 3.39. The van der Waals surface area contributed by atoms with E-state index in [4.69, 9.17) is 28.4 Å². The third kappa shape index (κ3) is 9.98. The Labute approximate surface area is 240 Å². The molecule has 7 heteroatoms. The molecule has 1 aliphatic heterocycles. The lowest BCUT2D eigenvalue weighted by Gasteiger charge is -2.32. The Morgan fingerprint density at radius 1 is 1.02 bits per heavy atom. The van der Waals surface area contributed by atoms with E-state index in [0.717, 1.165) is 28.9 Å². The zero-order chi connectivity index (χ0) is 29.1. The normalized spacial score (nSPS) is 21.0. The molecule has 1 fully saturated rings.